The Bertz CT molecular complexity index is 681. The zero-order valence-electron chi connectivity index (χ0n) is 13.9. The number of aromatic nitrogens is 4. The molecule has 1 atom stereocenters. The minimum Gasteiger partial charge on any atom is -0.494 e. The monoisotopic (exact) mass is 335 g/mol. The number of hydrogen-bond donors (Lipinski definition) is 1. The average molecular weight is 335 g/mol. The molecule has 1 aromatic carbocycles. The molecule has 0 aliphatic carbocycles. The van der Waals surface area contributed by atoms with Gasteiger partial charge in [0, 0.05) is 5.54 Å². The summed E-state index contributed by atoms with van der Waals surface area (Å²) in [5, 5.41) is 14.9. The van der Waals surface area contributed by atoms with E-state index in [1.807, 2.05) is 52.0 Å². The zero-order valence-corrected chi connectivity index (χ0v) is 14.7. The number of nitrogens with zero attached hydrogens (tertiary/aromatic N) is 4. The highest BCUT2D eigenvalue weighted by atomic mass is 32.2. The molecule has 124 valence electrons. The number of ether oxygens (including phenoxy) is 1. The van der Waals surface area contributed by atoms with Crippen LogP contribution in [0.3, 0.4) is 0 Å². The van der Waals surface area contributed by atoms with E-state index in [0.717, 1.165) is 5.69 Å². The molecule has 0 spiro atoms. The smallest absolute Gasteiger partial charge is 0.233 e. The van der Waals surface area contributed by atoms with E-state index in [2.05, 4.69) is 20.8 Å². The fourth-order valence-electron chi connectivity index (χ4n) is 1.89. The second kappa shape index (κ2) is 6.99. The van der Waals surface area contributed by atoms with Gasteiger partial charge in [-0.1, -0.05) is 23.9 Å². The van der Waals surface area contributed by atoms with Crippen molar-refractivity contribution in [3.8, 4) is 11.4 Å². The molecule has 7 nitrogen and oxygen atoms in total. The van der Waals surface area contributed by atoms with Crippen LogP contribution in [0.2, 0.25) is 0 Å². The molecular weight excluding hydrogens is 314 g/mol. The summed E-state index contributed by atoms with van der Waals surface area (Å²) in [4.78, 5) is 12.2. The molecule has 1 heterocycles. The molecule has 1 aromatic heterocycles. The number of benzene rings is 1. The summed E-state index contributed by atoms with van der Waals surface area (Å²) in [6.07, 6.45) is 0. The van der Waals surface area contributed by atoms with Crippen molar-refractivity contribution in [2.24, 2.45) is 0 Å². The second-order valence-electron chi connectivity index (χ2n) is 6.04. The first-order valence-corrected chi connectivity index (χ1v) is 8.10. The minimum absolute atomic E-state index is 0.0583. The third kappa shape index (κ3) is 4.44. The van der Waals surface area contributed by atoms with Gasteiger partial charge < -0.3 is 10.1 Å². The van der Waals surface area contributed by atoms with Crippen LogP contribution >= 0.6 is 11.8 Å². The highest BCUT2D eigenvalue weighted by Crippen LogP contribution is 2.27. The Labute approximate surface area is 139 Å². The number of carbonyl (C=O) groups is 1. The Morgan fingerprint density at radius 3 is 2.70 bits per heavy atom. The molecule has 0 radical (unpaired) electrons. The van der Waals surface area contributed by atoms with Gasteiger partial charge in [0.05, 0.1) is 12.4 Å². The van der Waals surface area contributed by atoms with E-state index < -0.39 is 0 Å². The van der Waals surface area contributed by atoms with Crippen LogP contribution in [0.5, 0.6) is 5.75 Å². The molecule has 0 aliphatic heterocycles. The third-order valence-corrected chi connectivity index (χ3v) is 3.94. The van der Waals surface area contributed by atoms with Crippen molar-refractivity contribution in [2.75, 3.05) is 7.11 Å². The van der Waals surface area contributed by atoms with Gasteiger partial charge in [-0.05, 0) is 50.3 Å². The first kappa shape index (κ1) is 17.3. The lowest BCUT2D eigenvalue weighted by Crippen LogP contribution is -2.44. The van der Waals surface area contributed by atoms with Gasteiger partial charge in [-0.15, -0.1) is 5.10 Å². The number of nitrogens with one attached hydrogen (secondary N) is 1. The predicted octanol–water partition coefficient (Wildman–Crippen LogP) is 2.07. The van der Waals surface area contributed by atoms with E-state index in [9.17, 15) is 4.79 Å². The number of amides is 1. The maximum atomic E-state index is 12.2. The first-order chi connectivity index (χ1) is 10.8. The lowest BCUT2D eigenvalue weighted by atomic mass is 10.1. The van der Waals surface area contributed by atoms with Gasteiger partial charge in [0.15, 0.2) is 0 Å². The van der Waals surface area contributed by atoms with Crippen LogP contribution in [0, 0.1) is 0 Å². The lowest BCUT2D eigenvalue weighted by Gasteiger charge is -2.22. The molecule has 0 aliphatic rings. The molecule has 23 heavy (non-hydrogen) atoms. The Morgan fingerprint density at radius 2 is 2.04 bits per heavy atom. The van der Waals surface area contributed by atoms with Gasteiger partial charge in [0.2, 0.25) is 11.1 Å². The Hall–Kier alpha value is -2.09. The molecule has 0 saturated heterocycles. The average Bonchev–Trinajstić information content (AvgIpc) is 2.93. The predicted molar refractivity (Wildman–Crippen MR) is 88.9 cm³/mol. The van der Waals surface area contributed by atoms with Crippen molar-refractivity contribution >= 4 is 17.7 Å². The van der Waals surface area contributed by atoms with Gasteiger partial charge in [0.25, 0.3) is 0 Å². The largest absolute Gasteiger partial charge is 0.494 e. The molecular formula is C15H21N5O2S. The van der Waals surface area contributed by atoms with Crippen LogP contribution in [-0.4, -0.2) is 44.0 Å². The normalized spacial score (nSPS) is 12.7. The topological polar surface area (TPSA) is 81.9 Å². The minimum atomic E-state index is -0.325. The van der Waals surface area contributed by atoms with Crippen LogP contribution in [-0.2, 0) is 4.79 Å². The number of rotatable bonds is 5. The first-order valence-electron chi connectivity index (χ1n) is 7.22. The summed E-state index contributed by atoms with van der Waals surface area (Å²) < 4.78 is 6.91. The van der Waals surface area contributed by atoms with Gasteiger partial charge in [-0.2, -0.15) is 4.68 Å². The van der Waals surface area contributed by atoms with E-state index in [4.69, 9.17) is 4.74 Å². The fourth-order valence-corrected chi connectivity index (χ4v) is 2.69. The van der Waals surface area contributed by atoms with Gasteiger partial charge in [-0.25, -0.2) is 0 Å². The number of methoxy groups -OCH3 is 1. The molecule has 0 bridgehead atoms. The van der Waals surface area contributed by atoms with Gasteiger partial charge in [-0.3, -0.25) is 4.79 Å². The highest BCUT2D eigenvalue weighted by Gasteiger charge is 2.23. The van der Waals surface area contributed by atoms with Crippen molar-refractivity contribution in [1.29, 1.82) is 0 Å². The molecule has 8 heteroatoms. The van der Waals surface area contributed by atoms with Crippen LogP contribution < -0.4 is 10.1 Å². The Morgan fingerprint density at radius 1 is 1.35 bits per heavy atom. The second-order valence-corrected chi connectivity index (χ2v) is 7.35. The van der Waals surface area contributed by atoms with Crippen LogP contribution in [0.15, 0.2) is 29.4 Å². The summed E-state index contributed by atoms with van der Waals surface area (Å²) >= 11 is 1.30. The lowest BCUT2D eigenvalue weighted by molar-refractivity contribution is -0.121. The summed E-state index contributed by atoms with van der Waals surface area (Å²) in [5.41, 5.74) is 0.450. The van der Waals surface area contributed by atoms with E-state index in [1.54, 1.807) is 11.8 Å². The summed E-state index contributed by atoms with van der Waals surface area (Å²) in [6.45, 7) is 7.66. The molecule has 1 amide bonds. The fraction of sp³-hybridized carbons (Fsp3) is 0.467. The SMILES string of the molecule is COc1ccccc1-n1nnnc1SC(C)C(=O)NC(C)(C)C. The van der Waals surface area contributed by atoms with Gasteiger partial charge >= 0.3 is 0 Å². The van der Waals surface area contributed by atoms with E-state index in [1.165, 1.54) is 11.8 Å². The molecule has 0 saturated carbocycles. The van der Waals surface area contributed by atoms with Crippen molar-refractivity contribution in [3.05, 3.63) is 24.3 Å². The van der Waals surface area contributed by atoms with Crippen LogP contribution in [0.25, 0.3) is 5.69 Å². The van der Waals surface area contributed by atoms with E-state index in [0.29, 0.717) is 10.9 Å². The number of tetrazole rings is 1. The number of thioether (sulfide) groups is 1. The quantitative estimate of drug-likeness (QED) is 0.842. The summed E-state index contributed by atoms with van der Waals surface area (Å²) in [7, 11) is 1.59. The molecule has 2 rings (SSSR count). The third-order valence-electron chi connectivity index (χ3n) is 2.90. The van der Waals surface area contributed by atoms with Crippen LogP contribution in [0.4, 0.5) is 0 Å². The van der Waals surface area contributed by atoms with Gasteiger partial charge in [0.1, 0.15) is 11.4 Å². The maximum Gasteiger partial charge on any atom is 0.233 e. The Kier molecular flexibility index (Phi) is 5.25. The summed E-state index contributed by atoms with van der Waals surface area (Å²) in [5.74, 6) is 0.602. The van der Waals surface area contributed by atoms with Crippen molar-refractivity contribution in [2.45, 2.75) is 43.6 Å². The number of para-hydroxylation sites is 2. The highest BCUT2D eigenvalue weighted by molar-refractivity contribution is 8.00. The standard InChI is InChI=1S/C15H21N5O2S/c1-10(13(21)16-15(2,3)4)23-14-17-18-19-20(14)11-8-6-7-9-12(11)22-5/h6-10H,1-5H3,(H,16,21). The molecule has 1 unspecified atom stereocenters. The number of carbonyl (C=O) groups excluding carboxylic acids is 1. The van der Waals surface area contributed by atoms with E-state index >= 15 is 0 Å². The molecule has 2 aromatic rings. The molecule has 0 fully saturated rings. The number of hydrogen-bond acceptors (Lipinski definition) is 6. The van der Waals surface area contributed by atoms with E-state index in [-0.39, 0.29) is 16.7 Å². The van der Waals surface area contributed by atoms with Crippen molar-refractivity contribution < 1.29 is 9.53 Å². The summed E-state index contributed by atoms with van der Waals surface area (Å²) in [6, 6.07) is 7.45. The Balaban J connectivity index is 2.20. The van der Waals surface area contributed by atoms with Crippen molar-refractivity contribution in [1.82, 2.24) is 25.5 Å². The van der Waals surface area contributed by atoms with Crippen molar-refractivity contribution in [3.63, 3.8) is 0 Å². The zero-order chi connectivity index (χ0) is 17.0. The molecule has 1 N–H and O–H groups in total. The van der Waals surface area contributed by atoms with Crippen LogP contribution in [0.1, 0.15) is 27.7 Å². The maximum absolute atomic E-state index is 12.2.